The quantitative estimate of drug-likeness (QED) is 0.768. The Bertz CT molecular complexity index is 939. The molecule has 1 aliphatic carbocycles. The topological polar surface area (TPSA) is 92.2 Å². The summed E-state index contributed by atoms with van der Waals surface area (Å²) in [4.78, 5) is 27.7. The summed E-state index contributed by atoms with van der Waals surface area (Å²) in [6.07, 6.45) is 5.85. The maximum Gasteiger partial charge on any atom is 0.276 e. The number of hydrogen-bond donors (Lipinski definition) is 2. The van der Waals surface area contributed by atoms with E-state index in [1.807, 2.05) is 30.3 Å². The zero-order valence-electron chi connectivity index (χ0n) is 13.0. The normalized spacial score (nSPS) is 15.0. The lowest BCUT2D eigenvalue weighted by Crippen LogP contribution is -2.33. The van der Waals surface area contributed by atoms with Gasteiger partial charge in [0.2, 0.25) is 0 Å². The van der Waals surface area contributed by atoms with Crippen molar-refractivity contribution in [3.05, 3.63) is 52.6 Å². The molecule has 2 N–H and O–H groups in total. The van der Waals surface area contributed by atoms with Crippen LogP contribution in [0.3, 0.4) is 0 Å². The van der Waals surface area contributed by atoms with Gasteiger partial charge in [-0.05, 0) is 18.4 Å². The Morgan fingerprint density at radius 2 is 1.96 bits per heavy atom. The number of rotatable bonds is 3. The van der Waals surface area contributed by atoms with Crippen LogP contribution in [-0.4, -0.2) is 31.8 Å². The summed E-state index contributed by atoms with van der Waals surface area (Å²) in [6.45, 7) is 0. The highest BCUT2D eigenvalue weighted by molar-refractivity contribution is 5.98. The summed E-state index contributed by atoms with van der Waals surface area (Å²) >= 11 is 0. The second-order valence-corrected chi connectivity index (χ2v) is 6.05. The zero-order chi connectivity index (χ0) is 16.5. The van der Waals surface area contributed by atoms with Crippen molar-refractivity contribution in [3.8, 4) is 11.3 Å². The maximum atomic E-state index is 12.5. The minimum Gasteiger partial charge on any atom is -0.348 e. The molecular weight excluding hydrogens is 306 g/mol. The van der Waals surface area contributed by atoms with Gasteiger partial charge in [0, 0.05) is 6.04 Å². The number of aromatic nitrogens is 4. The van der Waals surface area contributed by atoms with Crippen LogP contribution in [0.25, 0.3) is 16.8 Å². The SMILES string of the molecule is O=C(NC1CCCC1)c1nnn2cc(-c3ccccc3)[nH]c(=O)c12. The van der Waals surface area contributed by atoms with Crippen LogP contribution in [0, 0.1) is 0 Å². The van der Waals surface area contributed by atoms with E-state index in [9.17, 15) is 9.59 Å². The number of aromatic amines is 1. The van der Waals surface area contributed by atoms with Crippen molar-refractivity contribution in [2.75, 3.05) is 0 Å². The van der Waals surface area contributed by atoms with Gasteiger partial charge in [0.25, 0.3) is 11.5 Å². The van der Waals surface area contributed by atoms with Crippen LogP contribution in [0.5, 0.6) is 0 Å². The van der Waals surface area contributed by atoms with Gasteiger partial charge in [0.1, 0.15) is 0 Å². The largest absolute Gasteiger partial charge is 0.348 e. The van der Waals surface area contributed by atoms with E-state index in [0.717, 1.165) is 31.2 Å². The van der Waals surface area contributed by atoms with Crippen LogP contribution in [0.1, 0.15) is 36.2 Å². The van der Waals surface area contributed by atoms with Gasteiger partial charge < -0.3 is 10.3 Å². The molecule has 1 fully saturated rings. The van der Waals surface area contributed by atoms with Gasteiger partial charge in [-0.15, -0.1) is 5.10 Å². The highest BCUT2D eigenvalue weighted by Gasteiger charge is 2.23. The molecule has 1 amide bonds. The summed E-state index contributed by atoms with van der Waals surface area (Å²) < 4.78 is 1.37. The molecule has 1 aromatic carbocycles. The molecule has 7 heteroatoms. The number of nitrogens with one attached hydrogen (secondary N) is 2. The van der Waals surface area contributed by atoms with Gasteiger partial charge >= 0.3 is 0 Å². The van der Waals surface area contributed by atoms with E-state index in [0.29, 0.717) is 5.69 Å². The Hall–Kier alpha value is -2.96. The molecule has 24 heavy (non-hydrogen) atoms. The van der Waals surface area contributed by atoms with Gasteiger partial charge in [-0.1, -0.05) is 48.4 Å². The summed E-state index contributed by atoms with van der Waals surface area (Å²) in [5.74, 6) is -0.338. The van der Waals surface area contributed by atoms with Crippen LogP contribution in [0.15, 0.2) is 41.3 Å². The van der Waals surface area contributed by atoms with Crippen molar-refractivity contribution < 1.29 is 4.79 Å². The Morgan fingerprint density at radius 3 is 2.71 bits per heavy atom. The Labute approximate surface area is 137 Å². The van der Waals surface area contributed by atoms with Crippen LogP contribution in [-0.2, 0) is 0 Å². The average Bonchev–Trinajstić information content (AvgIpc) is 3.25. The standard InChI is InChI=1S/C17H17N5O2/c23-16(18-12-8-4-5-9-12)14-15-17(24)19-13(10-22(15)21-20-14)11-6-2-1-3-7-11/h1-3,6-7,10,12H,4-5,8-9H2,(H,18,23)(H,19,24). The van der Waals surface area contributed by atoms with E-state index in [1.165, 1.54) is 4.52 Å². The van der Waals surface area contributed by atoms with Crippen molar-refractivity contribution in [1.82, 2.24) is 25.1 Å². The number of benzene rings is 1. The molecule has 1 saturated carbocycles. The summed E-state index contributed by atoms with van der Waals surface area (Å²) in [5, 5.41) is 10.8. The molecule has 3 aromatic rings. The summed E-state index contributed by atoms with van der Waals surface area (Å²) in [6, 6.07) is 9.63. The van der Waals surface area contributed by atoms with Gasteiger partial charge in [0.05, 0.1) is 11.9 Å². The lowest BCUT2D eigenvalue weighted by atomic mass is 10.1. The molecule has 0 bridgehead atoms. The number of nitrogens with zero attached hydrogens (tertiary/aromatic N) is 3. The van der Waals surface area contributed by atoms with Crippen molar-refractivity contribution in [2.24, 2.45) is 0 Å². The number of amides is 1. The molecule has 2 aromatic heterocycles. The number of carbonyl (C=O) groups excluding carboxylic acids is 1. The first-order valence-electron chi connectivity index (χ1n) is 8.07. The molecule has 0 aliphatic heterocycles. The number of carbonyl (C=O) groups is 1. The Kier molecular flexibility index (Phi) is 3.60. The predicted molar refractivity (Wildman–Crippen MR) is 88.8 cm³/mol. The molecule has 122 valence electrons. The molecule has 0 unspecified atom stereocenters. The first-order valence-corrected chi connectivity index (χ1v) is 8.07. The molecule has 0 atom stereocenters. The van der Waals surface area contributed by atoms with Gasteiger partial charge in [-0.25, -0.2) is 4.52 Å². The van der Waals surface area contributed by atoms with Crippen LogP contribution < -0.4 is 10.9 Å². The molecule has 0 saturated heterocycles. The average molecular weight is 323 g/mol. The minimum atomic E-state index is -0.377. The zero-order valence-corrected chi connectivity index (χ0v) is 13.0. The molecule has 4 rings (SSSR count). The van der Waals surface area contributed by atoms with E-state index in [1.54, 1.807) is 6.20 Å². The monoisotopic (exact) mass is 323 g/mol. The predicted octanol–water partition coefficient (Wildman–Crippen LogP) is 1.76. The van der Waals surface area contributed by atoms with E-state index >= 15 is 0 Å². The molecule has 2 heterocycles. The van der Waals surface area contributed by atoms with Crippen LogP contribution in [0.4, 0.5) is 0 Å². The Morgan fingerprint density at radius 1 is 1.21 bits per heavy atom. The van der Waals surface area contributed by atoms with Crippen molar-refractivity contribution in [3.63, 3.8) is 0 Å². The third kappa shape index (κ3) is 2.58. The molecule has 7 nitrogen and oxygen atoms in total. The molecule has 0 radical (unpaired) electrons. The maximum absolute atomic E-state index is 12.5. The minimum absolute atomic E-state index is 0.0720. The summed E-state index contributed by atoms with van der Waals surface area (Å²) in [5.41, 5.74) is 1.36. The van der Waals surface area contributed by atoms with Gasteiger partial charge in [-0.2, -0.15) is 0 Å². The number of H-pyrrole nitrogens is 1. The number of fused-ring (bicyclic) bond motifs is 1. The fourth-order valence-electron chi connectivity index (χ4n) is 3.17. The lowest BCUT2D eigenvalue weighted by Gasteiger charge is -2.10. The third-order valence-corrected chi connectivity index (χ3v) is 4.40. The van der Waals surface area contributed by atoms with Crippen molar-refractivity contribution in [1.29, 1.82) is 0 Å². The van der Waals surface area contributed by atoms with Crippen molar-refractivity contribution >= 4 is 11.4 Å². The van der Waals surface area contributed by atoms with E-state index in [2.05, 4.69) is 20.6 Å². The molecule has 0 spiro atoms. The van der Waals surface area contributed by atoms with Crippen LogP contribution >= 0.6 is 0 Å². The van der Waals surface area contributed by atoms with Crippen LogP contribution in [0.2, 0.25) is 0 Å². The first kappa shape index (κ1) is 14.6. The van der Waals surface area contributed by atoms with E-state index in [-0.39, 0.29) is 28.7 Å². The van der Waals surface area contributed by atoms with E-state index < -0.39 is 0 Å². The van der Waals surface area contributed by atoms with E-state index in [4.69, 9.17) is 0 Å². The highest BCUT2D eigenvalue weighted by atomic mass is 16.2. The lowest BCUT2D eigenvalue weighted by molar-refractivity contribution is 0.0934. The molecular formula is C17H17N5O2. The van der Waals surface area contributed by atoms with Gasteiger partial charge in [0.15, 0.2) is 11.2 Å². The van der Waals surface area contributed by atoms with Crippen molar-refractivity contribution in [2.45, 2.75) is 31.7 Å². The first-order chi connectivity index (χ1) is 11.7. The third-order valence-electron chi connectivity index (χ3n) is 4.40. The summed E-state index contributed by atoms with van der Waals surface area (Å²) in [7, 11) is 0. The highest BCUT2D eigenvalue weighted by Crippen LogP contribution is 2.19. The fraction of sp³-hybridized carbons (Fsp3) is 0.294. The van der Waals surface area contributed by atoms with Gasteiger partial charge in [-0.3, -0.25) is 9.59 Å². The number of hydrogen-bond acceptors (Lipinski definition) is 4. The smallest absolute Gasteiger partial charge is 0.276 e. The molecule has 1 aliphatic rings. The second kappa shape index (κ2) is 5.92. The Balaban J connectivity index is 1.71. The fourth-order valence-corrected chi connectivity index (χ4v) is 3.17. The second-order valence-electron chi connectivity index (χ2n) is 6.05.